The third kappa shape index (κ3) is 6.56. The summed E-state index contributed by atoms with van der Waals surface area (Å²) in [4.78, 5) is 29.8. The molecule has 0 spiro atoms. The number of rotatable bonds is 7. The fraction of sp³-hybridized carbons (Fsp3) is 0.423. The molecule has 0 bridgehead atoms. The first-order chi connectivity index (χ1) is 17.2. The fourth-order valence-corrected chi connectivity index (χ4v) is 5.06. The number of likely N-dealkylation sites (tertiary alicyclic amines) is 1. The lowest BCUT2D eigenvalue weighted by atomic mass is 9.96. The number of hydrogen-bond donors (Lipinski definition) is 3. The van der Waals surface area contributed by atoms with Gasteiger partial charge in [-0.3, -0.25) is 14.7 Å². The van der Waals surface area contributed by atoms with E-state index in [1.54, 1.807) is 17.5 Å². The third-order valence-electron chi connectivity index (χ3n) is 5.96. The average Bonchev–Trinajstić information content (AvgIpc) is 3.31. The zero-order valence-electron chi connectivity index (χ0n) is 20.9. The van der Waals surface area contributed by atoms with Crippen LogP contribution in [0.2, 0.25) is 0 Å². The minimum absolute atomic E-state index is 0.213. The standard InChI is InChI=1S/C26H32N8OS/c1-26(2,3)33-23-19(13-27)20(28)12-22(32-23)24(35)30-14-17-7-10-34(11-8-17)16-18-15-31-25(36-18)21-6-4-5-9-29-21/h4-6,9,12,15,17H,7-8,10-11,14,16H2,1-3H3,(H,30,35)(H3,28,32,33). The molecular formula is C26H32N8OS. The van der Waals surface area contributed by atoms with Gasteiger partial charge in [-0.2, -0.15) is 5.26 Å². The molecule has 1 fully saturated rings. The van der Waals surface area contributed by atoms with Crippen molar-refractivity contribution in [3.63, 3.8) is 0 Å². The lowest BCUT2D eigenvalue weighted by Crippen LogP contribution is -2.38. The van der Waals surface area contributed by atoms with Crippen LogP contribution in [-0.2, 0) is 6.54 Å². The van der Waals surface area contributed by atoms with E-state index in [0.29, 0.717) is 18.3 Å². The Hall–Kier alpha value is -3.55. The molecule has 36 heavy (non-hydrogen) atoms. The third-order valence-corrected chi connectivity index (χ3v) is 6.97. The number of amides is 1. The number of nitrogens with one attached hydrogen (secondary N) is 2. The second kappa shape index (κ2) is 11.0. The van der Waals surface area contributed by atoms with Gasteiger partial charge in [0.15, 0.2) is 0 Å². The first-order valence-corrected chi connectivity index (χ1v) is 12.9. The SMILES string of the molecule is CC(C)(C)Nc1nc(C(=O)NCC2CCN(Cc3cnc(-c4ccccn4)s3)CC2)cc(N)c1C#N. The van der Waals surface area contributed by atoms with Crippen molar-refractivity contribution in [1.82, 2.24) is 25.2 Å². The molecule has 3 aromatic heterocycles. The maximum Gasteiger partial charge on any atom is 0.270 e. The molecule has 0 saturated carbocycles. The van der Waals surface area contributed by atoms with Gasteiger partial charge in [0.2, 0.25) is 0 Å². The number of carbonyl (C=O) groups is 1. The molecule has 1 amide bonds. The van der Waals surface area contributed by atoms with Gasteiger partial charge in [0.25, 0.3) is 5.91 Å². The van der Waals surface area contributed by atoms with Crippen molar-refractivity contribution in [2.75, 3.05) is 30.7 Å². The van der Waals surface area contributed by atoms with E-state index in [0.717, 1.165) is 43.2 Å². The van der Waals surface area contributed by atoms with Gasteiger partial charge in [0.1, 0.15) is 28.2 Å². The zero-order valence-corrected chi connectivity index (χ0v) is 21.7. The van der Waals surface area contributed by atoms with Gasteiger partial charge in [0.05, 0.1) is 11.4 Å². The lowest BCUT2D eigenvalue weighted by Gasteiger charge is -2.31. The van der Waals surface area contributed by atoms with Crippen LogP contribution >= 0.6 is 11.3 Å². The summed E-state index contributed by atoms with van der Waals surface area (Å²) in [5.74, 6) is 0.452. The molecule has 0 aliphatic carbocycles. The predicted octanol–water partition coefficient (Wildman–Crippen LogP) is 3.91. The van der Waals surface area contributed by atoms with E-state index in [1.165, 1.54) is 10.9 Å². The Labute approximate surface area is 215 Å². The lowest BCUT2D eigenvalue weighted by molar-refractivity contribution is 0.0930. The number of piperidine rings is 1. The van der Waals surface area contributed by atoms with E-state index in [4.69, 9.17) is 5.73 Å². The highest BCUT2D eigenvalue weighted by molar-refractivity contribution is 7.14. The van der Waals surface area contributed by atoms with Crippen molar-refractivity contribution < 1.29 is 4.79 Å². The summed E-state index contributed by atoms with van der Waals surface area (Å²) in [6, 6.07) is 9.40. The van der Waals surface area contributed by atoms with Crippen molar-refractivity contribution in [3.8, 4) is 16.8 Å². The first-order valence-electron chi connectivity index (χ1n) is 12.1. The summed E-state index contributed by atoms with van der Waals surface area (Å²) in [5, 5.41) is 16.6. The largest absolute Gasteiger partial charge is 0.397 e. The summed E-state index contributed by atoms with van der Waals surface area (Å²) < 4.78 is 0. The van der Waals surface area contributed by atoms with Crippen molar-refractivity contribution in [3.05, 3.63) is 52.8 Å². The summed E-state index contributed by atoms with van der Waals surface area (Å²) in [5.41, 5.74) is 7.33. The van der Waals surface area contributed by atoms with Gasteiger partial charge in [-0.05, 0) is 70.8 Å². The highest BCUT2D eigenvalue weighted by atomic mass is 32.1. The Kier molecular flexibility index (Phi) is 7.82. The highest BCUT2D eigenvalue weighted by Gasteiger charge is 2.23. The number of pyridine rings is 2. The summed E-state index contributed by atoms with van der Waals surface area (Å²) in [7, 11) is 0. The van der Waals surface area contributed by atoms with Crippen LogP contribution in [0.5, 0.6) is 0 Å². The molecule has 4 rings (SSSR count). The van der Waals surface area contributed by atoms with Gasteiger partial charge in [-0.15, -0.1) is 11.3 Å². The number of carbonyl (C=O) groups excluding carboxylic acids is 1. The van der Waals surface area contributed by atoms with Crippen LogP contribution in [0.3, 0.4) is 0 Å². The molecule has 1 saturated heterocycles. The number of anilines is 2. The molecule has 0 aromatic carbocycles. The topological polar surface area (TPSA) is 133 Å². The van der Waals surface area contributed by atoms with Gasteiger partial charge >= 0.3 is 0 Å². The number of aromatic nitrogens is 3. The quantitative estimate of drug-likeness (QED) is 0.441. The van der Waals surface area contributed by atoms with Gasteiger partial charge < -0.3 is 16.4 Å². The first kappa shape index (κ1) is 25.5. The molecule has 1 aliphatic heterocycles. The van der Waals surface area contributed by atoms with E-state index in [9.17, 15) is 10.1 Å². The van der Waals surface area contributed by atoms with E-state index < -0.39 is 0 Å². The molecule has 1 aliphatic rings. The summed E-state index contributed by atoms with van der Waals surface area (Å²) >= 11 is 1.69. The maximum absolute atomic E-state index is 12.8. The van der Waals surface area contributed by atoms with Gasteiger partial charge in [0, 0.05) is 35.9 Å². The Morgan fingerprint density at radius 2 is 2.06 bits per heavy atom. The number of nitrogens with zero attached hydrogens (tertiary/aromatic N) is 5. The molecule has 10 heteroatoms. The molecule has 3 aromatic rings. The predicted molar refractivity (Wildman–Crippen MR) is 142 cm³/mol. The molecule has 0 unspecified atom stereocenters. The van der Waals surface area contributed by atoms with E-state index in [-0.39, 0.29) is 28.4 Å². The van der Waals surface area contributed by atoms with Crippen LogP contribution in [-0.4, -0.2) is 50.9 Å². The number of thiazole rings is 1. The second-order valence-electron chi connectivity index (χ2n) is 10.1. The van der Waals surface area contributed by atoms with Crippen molar-refractivity contribution in [1.29, 1.82) is 5.26 Å². The Balaban J connectivity index is 1.28. The number of nitrogen functional groups attached to an aromatic ring is 1. The molecule has 0 atom stereocenters. The van der Waals surface area contributed by atoms with Crippen LogP contribution in [0, 0.1) is 17.2 Å². The Morgan fingerprint density at radius 3 is 2.72 bits per heavy atom. The molecule has 0 radical (unpaired) electrons. The summed E-state index contributed by atoms with van der Waals surface area (Å²) in [6.45, 7) is 9.28. The normalized spacial score (nSPS) is 14.8. The minimum atomic E-state index is -0.326. The zero-order chi connectivity index (χ0) is 25.7. The van der Waals surface area contributed by atoms with Gasteiger partial charge in [-0.25, -0.2) is 9.97 Å². The van der Waals surface area contributed by atoms with E-state index in [2.05, 4.69) is 36.6 Å². The smallest absolute Gasteiger partial charge is 0.270 e. The molecule has 9 nitrogen and oxygen atoms in total. The van der Waals surface area contributed by atoms with Gasteiger partial charge in [-0.1, -0.05) is 6.07 Å². The summed E-state index contributed by atoms with van der Waals surface area (Å²) in [6.07, 6.45) is 5.74. The fourth-order valence-electron chi connectivity index (χ4n) is 4.13. The average molecular weight is 505 g/mol. The maximum atomic E-state index is 12.8. The van der Waals surface area contributed by atoms with Crippen LogP contribution in [0.25, 0.3) is 10.7 Å². The Morgan fingerprint density at radius 1 is 1.28 bits per heavy atom. The minimum Gasteiger partial charge on any atom is -0.397 e. The number of nitriles is 1. The van der Waals surface area contributed by atoms with Crippen molar-refractivity contribution in [2.45, 2.75) is 45.7 Å². The molecular weight excluding hydrogens is 472 g/mol. The second-order valence-corrected chi connectivity index (χ2v) is 11.2. The van der Waals surface area contributed by atoms with Crippen molar-refractivity contribution in [2.24, 2.45) is 5.92 Å². The number of nitrogens with two attached hydrogens (primary N) is 1. The monoisotopic (exact) mass is 504 g/mol. The van der Waals surface area contributed by atoms with E-state index >= 15 is 0 Å². The van der Waals surface area contributed by atoms with Crippen LogP contribution in [0.1, 0.15) is 54.5 Å². The van der Waals surface area contributed by atoms with Crippen LogP contribution in [0.4, 0.5) is 11.5 Å². The highest BCUT2D eigenvalue weighted by Crippen LogP contribution is 2.26. The van der Waals surface area contributed by atoms with Crippen molar-refractivity contribution >= 4 is 28.7 Å². The Bertz CT molecular complexity index is 1240. The molecule has 4 N–H and O–H groups in total. The number of hydrogen-bond acceptors (Lipinski definition) is 9. The van der Waals surface area contributed by atoms with Crippen LogP contribution in [0.15, 0.2) is 36.7 Å². The molecule has 4 heterocycles. The van der Waals surface area contributed by atoms with E-state index in [1.807, 2.05) is 45.2 Å². The molecule has 188 valence electrons. The van der Waals surface area contributed by atoms with Crippen LogP contribution < -0.4 is 16.4 Å².